The number of nitrogens with zero attached hydrogens (tertiary/aromatic N) is 4. The van der Waals surface area contributed by atoms with E-state index in [0.717, 1.165) is 0 Å². The molecule has 1 aromatic rings. The summed E-state index contributed by atoms with van der Waals surface area (Å²) in [5.74, 6) is 0.0893. The molecule has 184 valence electrons. The molecule has 1 amide bonds. The van der Waals surface area contributed by atoms with Crippen LogP contribution in [-0.2, 0) is 35.9 Å². The molecule has 1 atom stereocenters. The molecule has 1 saturated carbocycles. The number of amides is 1. The van der Waals surface area contributed by atoms with Crippen LogP contribution in [0.4, 0.5) is 0 Å². The van der Waals surface area contributed by atoms with Crippen molar-refractivity contribution in [2.75, 3.05) is 33.5 Å². The van der Waals surface area contributed by atoms with E-state index in [9.17, 15) is 9.59 Å². The Morgan fingerprint density at radius 2 is 2.06 bits per heavy atom. The Bertz CT molecular complexity index is 878. The number of carbonyl (C=O) groups excluding carboxylic acids is 2. The summed E-state index contributed by atoms with van der Waals surface area (Å²) >= 11 is 0. The van der Waals surface area contributed by atoms with Crippen LogP contribution in [0.2, 0.25) is 0 Å². The van der Waals surface area contributed by atoms with E-state index in [4.69, 9.17) is 14.2 Å². The number of esters is 1. The van der Waals surface area contributed by atoms with Gasteiger partial charge in [0, 0.05) is 24.1 Å². The molecule has 2 bridgehead atoms. The number of rotatable bonds is 13. The SMILES string of the molecule is C=CC(=O)NC(C)(C)CC(C)(NCC12COC(C(=O)OC)(C1)C2)c1nnnn1CCOCC. The zero-order valence-corrected chi connectivity index (χ0v) is 20.3. The summed E-state index contributed by atoms with van der Waals surface area (Å²) in [6.45, 7) is 14.1. The molecule has 2 saturated heterocycles. The Hall–Kier alpha value is -2.37. The first kappa shape index (κ1) is 25.3. The average molecular weight is 465 g/mol. The minimum absolute atomic E-state index is 0.159. The number of hydrogen-bond donors (Lipinski definition) is 2. The summed E-state index contributed by atoms with van der Waals surface area (Å²) in [5, 5.41) is 19.0. The topological polar surface area (TPSA) is 129 Å². The van der Waals surface area contributed by atoms with E-state index in [0.29, 0.717) is 58.0 Å². The van der Waals surface area contributed by atoms with E-state index >= 15 is 0 Å². The van der Waals surface area contributed by atoms with E-state index in [1.165, 1.54) is 13.2 Å². The van der Waals surface area contributed by atoms with E-state index < -0.39 is 16.7 Å². The first-order chi connectivity index (χ1) is 15.5. The third-order valence-corrected chi connectivity index (χ3v) is 6.51. The lowest BCUT2D eigenvalue weighted by Gasteiger charge is -2.45. The van der Waals surface area contributed by atoms with E-state index in [1.54, 1.807) is 4.68 Å². The standard InChI is InChI=1S/C22H36N6O5/c1-7-16(29)24-19(3,4)11-20(5,17-25-26-27-28(17)9-10-32-8-2)23-14-21-12-22(13-21,33-15-21)18(30)31-6/h7,23H,1,8-15H2,2-6H3,(H,24,29). The van der Waals surface area contributed by atoms with E-state index in [1.807, 2.05) is 27.7 Å². The molecule has 11 nitrogen and oxygen atoms in total. The van der Waals surface area contributed by atoms with Crippen LogP contribution in [0.15, 0.2) is 12.7 Å². The first-order valence-corrected chi connectivity index (χ1v) is 11.3. The number of aromatic nitrogens is 4. The molecule has 4 rings (SSSR count). The summed E-state index contributed by atoms with van der Waals surface area (Å²) in [4.78, 5) is 24.2. The second-order valence-corrected chi connectivity index (χ2v) is 9.99. The fourth-order valence-electron chi connectivity index (χ4n) is 5.18. The van der Waals surface area contributed by atoms with Crippen LogP contribution in [0, 0.1) is 5.41 Å². The molecule has 1 unspecified atom stereocenters. The van der Waals surface area contributed by atoms with Crippen molar-refractivity contribution in [3.63, 3.8) is 0 Å². The summed E-state index contributed by atoms with van der Waals surface area (Å²) in [6.07, 6.45) is 2.99. The molecule has 3 fully saturated rings. The van der Waals surface area contributed by atoms with Crippen molar-refractivity contribution in [1.29, 1.82) is 0 Å². The van der Waals surface area contributed by atoms with Gasteiger partial charge >= 0.3 is 5.97 Å². The van der Waals surface area contributed by atoms with Gasteiger partial charge in [0.05, 0.1) is 32.4 Å². The Kier molecular flexibility index (Phi) is 7.25. The first-order valence-electron chi connectivity index (χ1n) is 11.3. The Morgan fingerprint density at radius 1 is 1.33 bits per heavy atom. The number of ether oxygens (including phenoxy) is 3. The number of tetrazole rings is 1. The predicted octanol–water partition coefficient (Wildman–Crippen LogP) is 0.708. The zero-order chi connectivity index (χ0) is 24.3. The minimum Gasteiger partial charge on any atom is -0.467 e. The van der Waals surface area contributed by atoms with Gasteiger partial charge in [-0.1, -0.05) is 6.58 Å². The fourth-order valence-corrected chi connectivity index (χ4v) is 5.18. The second-order valence-electron chi connectivity index (χ2n) is 9.99. The van der Waals surface area contributed by atoms with Gasteiger partial charge in [0.2, 0.25) is 5.91 Å². The van der Waals surface area contributed by atoms with Gasteiger partial charge in [0.25, 0.3) is 0 Å². The molecule has 2 N–H and O–H groups in total. The fraction of sp³-hybridized carbons (Fsp3) is 0.773. The highest BCUT2D eigenvalue weighted by atomic mass is 16.6. The number of fused-ring (bicyclic) bond motifs is 1. The molecular weight excluding hydrogens is 428 g/mol. The van der Waals surface area contributed by atoms with Crippen molar-refractivity contribution in [1.82, 2.24) is 30.8 Å². The molecule has 2 aliphatic heterocycles. The number of nitrogens with one attached hydrogen (secondary N) is 2. The highest BCUT2D eigenvalue weighted by Gasteiger charge is 2.67. The van der Waals surface area contributed by atoms with Crippen molar-refractivity contribution >= 4 is 11.9 Å². The molecule has 3 aliphatic rings. The average Bonchev–Trinajstić information content (AvgIpc) is 3.45. The predicted molar refractivity (Wildman–Crippen MR) is 119 cm³/mol. The summed E-state index contributed by atoms with van der Waals surface area (Å²) in [6, 6.07) is 0. The molecule has 11 heteroatoms. The van der Waals surface area contributed by atoms with Gasteiger partial charge in [-0.05, 0) is 63.5 Å². The van der Waals surface area contributed by atoms with Crippen molar-refractivity contribution in [3.8, 4) is 0 Å². The van der Waals surface area contributed by atoms with Gasteiger partial charge in [-0.15, -0.1) is 5.10 Å². The maximum atomic E-state index is 12.1. The quantitative estimate of drug-likeness (QED) is 0.246. The maximum Gasteiger partial charge on any atom is 0.338 e. The van der Waals surface area contributed by atoms with Crippen LogP contribution in [-0.4, -0.2) is 76.7 Å². The van der Waals surface area contributed by atoms with Gasteiger partial charge in [0.15, 0.2) is 11.4 Å². The molecule has 0 aromatic carbocycles. The van der Waals surface area contributed by atoms with Crippen LogP contribution in [0.25, 0.3) is 0 Å². The molecular formula is C22H36N6O5. The Labute approximate surface area is 194 Å². The summed E-state index contributed by atoms with van der Waals surface area (Å²) in [5.41, 5.74) is -2.24. The highest BCUT2D eigenvalue weighted by Crippen LogP contribution is 2.58. The van der Waals surface area contributed by atoms with Gasteiger partial charge in [-0.3, -0.25) is 4.79 Å². The third-order valence-electron chi connectivity index (χ3n) is 6.51. The minimum atomic E-state index is -0.816. The molecule has 1 aliphatic carbocycles. The molecule has 3 heterocycles. The highest BCUT2D eigenvalue weighted by molar-refractivity contribution is 5.87. The Balaban J connectivity index is 1.80. The number of hydrogen-bond acceptors (Lipinski definition) is 9. The normalized spacial score (nSPS) is 25.7. The second kappa shape index (κ2) is 9.47. The molecule has 1 aromatic heterocycles. The monoisotopic (exact) mass is 464 g/mol. The Morgan fingerprint density at radius 3 is 2.70 bits per heavy atom. The van der Waals surface area contributed by atoms with Crippen molar-refractivity contribution in [2.24, 2.45) is 5.41 Å². The largest absolute Gasteiger partial charge is 0.467 e. The summed E-state index contributed by atoms with van der Waals surface area (Å²) < 4.78 is 18.0. The van der Waals surface area contributed by atoms with E-state index in [-0.39, 0.29) is 17.3 Å². The van der Waals surface area contributed by atoms with Gasteiger partial charge in [0.1, 0.15) is 0 Å². The van der Waals surface area contributed by atoms with Gasteiger partial charge in [-0.2, -0.15) is 0 Å². The lowest BCUT2D eigenvalue weighted by Crippen LogP contribution is -2.58. The smallest absolute Gasteiger partial charge is 0.338 e. The van der Waals surface area contributed by atoms with Crippen LogP contribution in [0.3, 0.4) is 0 Å². The van der Waals surface area contributed by atoms with Crippen LogP contribution >= 0.6 is 0 Å². The lowest BCUT2D eigenvalue weighted by atomic mass is 9.62. The molecule has 0 radical (unpaired) electrons. The maximum absolute atomic E-state index is 12.1. The van der Waals surface area contributed by atoms with Crippen LogP contribution < -0.4 is 10.6 Å². The van der Waals surface area contributed by atoms with Gasteiger partial charge in [-0.25, -0.2) is 9.48 Å². The third kappa shape index (κ3) is 5.25. The van der Waals surface area contributed by atoms with Crippen molar-refractivity contribution in [3.05, 3.63) is 18.5 Å². The summed E-state index contributed by atoms with van der Waals surface area (Å²) in [7, 11) is 1.38. The van der Waals surface area contributed by atoms with Crippen LogP contribution in [0.5, 0.6) is 0 Å². The number of carbonyl (C=O) groups is 2. The number of methoxy groups -OCH3 is 1. The van der Waals surface area contributed by atoms with Crippen LogP contribution in [0.1, 0.15) is 52.8 Å². The molecule has 0 spiro atoms. The zero-order valence-electron chi connectivity index (χ0n) is 20.3. The molecule has 33 heavy (non-hydrogen) atoms. The van der Waals surface area contributed by atoms with Crippen molar-refractivity contribution in [2.45, 2.75) is 70.2 Å². The van der Waals surface area contributed by atoms with Crippen molar-refractivity contribution < 1.29 is 23.8 Å². The lowest BCUT2D eigenvalue weighted by molar-refractivity contribution is -0.168. The van der Waals surface area contributed by atoms with E-state index in [2.05, 4.69) is 32.7 Å². The van der Waals surface area contributed by atoms with Gasteiger partial charge < -0.3 is 24.8 Å².